The quantitative estimate of drug-likeness (QED) is 0.666. The van der Waals surface area contributed by atoms with Crippen LogP contribution in [-0.4, -0.2) is 19.3 Å². The second kappa shape index (κ2) is 7.23. The fraction of sp³-hybridized carbons (Fsp3) is 0.294. The maximum absolute atomic E-state index is 3.94. The number of rotatable bonds is 3. The Kier molecular flexibility index (Phi) is 5.32. The summed E-state index contributed by atoms with van der Waals surface area (Å²) in [6, 6.07) is 6.52. The molecule has 0 radical (unpaired) electrons. The van der Waals surface area contributed by atoms with E-state index in [9.17, 15) is 0 Å². The number of thioether (sulfide) groups is 1. The zero-order valence-electron chi connectivity index (χ0n) is 11.3. The Morgan fingerprint density at radius 3 is 3.26 bits per heavy atom. The van der Waals surface area contributed by atoms with Gasteiger partial charge < -0.3 is 5.32 Å². The highest BCUT2D eigenvalue weighted by Crippen LogP contribution is 2.30. The van der Waals surface area contributed by atoms with Crippen molar-refractivity contribution in [2.24, 2.45) is 0 Å². The van der Waals surface area contributed by atoms with Gasteiger partial charge in [-0.1, -0.05) is 24.5 Å². The number of benzene rings is 1. The zero-order valence-corrected chi connectivity index (χ0v) is 12.1. The first-order chi connectivity index (χ1) is 9.29. The van der Waals surface area contributed by atoms with E-state index in [2.05, 4.69) is 41.9 Å². The minimum absolute atomic E-state index is 0.844. The Balaban J connectivity index is 2.05. The SMILES string of the molecule is C=C(C#Cc1ccc2c(c1)CCCS2)/C=C\CNC. The van der Waals surface area contributed by atoms with Crippen LogP contribution >= 0.6 is 11.8 Å². The molecule has 98 valence electrons. The summed E-state index contributed by atoms with van der Waals surface area (Å²) in [7, 11) is 1.92. The topological polar surface area (TPSA) is 12.0 Å². The summed E-state index contributed by atoms with van der Waals surface area (Å²) < 4.78 is 0. The molecule has 0 aliphatic carbocycles. The molecular formula is C17H19NS. The average molecular weight is 269 g/mol. The lowest BCUT2D eigenvalue weighted by atomic mass is 10.1. The zero-order chi connectivity index (χ0) is 13.5. The molecule has 0 spiro atoms. The summed E-state index contributed by atoms with van der Waals surface area (Å²) >= 11 is 1.95. The normalized spacial score (nSPS) is 13.7. The van der Waals surface area contributed by atoms with Gasteiger partial charge in [-0.2, -0.15) is 0 Å². The van der Waals surface area contributed by atoms with Crippen molar-refractivity contribution < 1.29 is 0 Å². The molecule has 0 aromatic heterocycles. The van der Waals surface area contributed by atoms with E-state index in [1.807, 2.05) is 31.0 Å². The van der Waals surface area contributed by atoms with Crippen molar-refractivity contribution in [3.8, 4) is 11.8 Å². The first-order valence-corrected chi connectivity index (χ1v) is 7.56. The van der Waals surface area contributed by atoms with Gasteiger partial charge in [-0.25, -0.2) is 0 Å². The molecule has 2 rings (SSSR count). The Morgan fingerprint density at radius 1 is 1.53 bits per heavy atom. The first-order valence-electron chi connectivity index (χ1n) is 6.57. The molecule has 0 unspecified atom stereocenters. The largest absolute Gasteiger partial charge is 0.316 e. The van der Waals surface area contributed by atoms with Crippen molar-refractivity contribution in [1.82, 2.24) is 5.32 Å². The second-order valence-corrected chi connectivity index (χ2v) is 5.65. The predicted molar refractivity (Wildman–Crippen MR) is 84.6 cm³/mol. The molecule has 0 saturated carbocycles. The Bertz CT molecular complexity index is 546. The summed E-state index contributed by atoms with van der Waals surface area (Å²) in [5, 5.41) is 3.05. The molecule has 1 aromatic rings. The van der Waals surface area contributed by atoms with Crippen molar-refractivity contribution in [3.63, 3.8) is 0 Å². The van der Waals surface area contributed by atoms with E-state index in [1.165, 1.54) is 29.1 Å². The van der Waals surface area contributed by atoms with Crippen LogP contribution < -0.4 is 5.32 Å². The van der Waals surface area contributed by atoms with Crippen LogP contribution in [0.4, 0.5) is 0 Å². The molecule has 0 bridgehead atoms. The summed E-state index contributed by atoms with van der Waals surface area (Å²) in [5.74, 6) is 7.53. The number of likely N-dealkylation sites (N-methyl/N-ethyl adjacent to an activating group) is 1. The number of allylic oxidation sites excluding steroid dienone is 2. The van der Waals surface area contributed by atoms with Crippen molar-refractivity contribution in [3.05, 3.63) is 53.6 Å². The molecule has 1 nitrogen and oxygen atoms in total. The van der Waals surface area contributed by atoms with Crippen LogP contribution in [0.25, 0.3) is 0 Å². The van der Waals surface area contributed by atoms with Gasteiger partial charge >= 0.3 is 0 Å². The van der Waals surface area contributed by atoms with Crippen LogP contribution in [0.3, 0.4) is 0 Å². The number of hydrogen-bond donors (Lipinski definition) is 1. The van der Waals surface area contributed by atoms with E-state index in [-0.39, 0.29) is 0 Å². The van der Waals surface area contributed by atoms with E-state index < -0.39 is 0 Å². The monoisotopic (exact) mass is 269 g/mol. The first kappa shape index (κ1) is 14.0. The van der Waals surface area contributed by atoms with Gasteiger partial charge in [0.15, 0.2) is 0 Å². The highest BCUT2D eigenvalue weighted by atomic mass is 32.2. The van der Waals surface area contributed by atoms with Gasteiger partial charge in [0.1, 0.15) is 0 Å². The van der Waals surface area contributed by atoms with Gasteiger partial charge in [0.25, 0.3) is 0 Å². The fourth-order valence-corrected chi connectivity index (χ4v) is 2.97. The predicted octanol–water partition coefficient (Wildman–Crippen LogP) is 3.41. The van der Waals surface area contributed by atoms with E-state index in [0.29, 0.717) is 0 Å². The maximum atomic E-state index is 3.94. The highest BCUT2D eigenvalue weighted by Gasteiger charge is 2.08. The molecule has 0 saturated heterocycles. The molecule has 0 amide bonds. The smallest absolute Gasteiger partial charge is 0.0252 e. The number of fused-ring (bicyclic) bond motifs is 1. The number of nitrogens with one attached hydrogen (secondary N) is 1. The standard InChI is InChI=1S/C17H19NS/c1-14(5-3-11-18-2)7-8-15-9-10-17-16(13-15)6-4-12-19-17/h3,5,9-10,13,18H,1,4,6,11-12H2,2H3/b5-3-. The van der Waals surface area contributed by atoms with Crippen molar-refractivity contribution >= 4 is 11.8 Å². The van der Waals surface area contributed by atoms with Gasteiger partial charge in [-0.3, -0.25) is 0 Å². The van der Waals surface area contributed by atoms with Crippen molar-refractivity contribution in [2.75, 3.05) is 19.3 Å². The Morgan fingerprint density at radius 2 is 2.42 bits per heavy atom. The minimum atomic E-state index is 0.844. The van der Waals surface area contributed by atoms with E-state index in [0.717, 1.165) is 17.7 Å². The van der Waals surface area contributed by atoms with E-state index >= 15 is 0 Å². The van der Waals surface area contributed by atoms with Crippen LogP contribution in [0.5, 0.6) is 0 Å². The molecular weight excluding hydrogens is 250 g/mol. The van der Waals surface area contributed by atoms with Gasteiger partial charge in [0, 0.05) is 22.6 Å². The van der Waals surface area contributed by atoms with Crippen LogP contribution in [0.2, 0.25) is 0 Å². The third kappa shape index (κ3) is 4.31. The van der Waals surface area contributed by atoms with E-state index in [1.54, 1.807) is 0 Å². The van der Waals surface area contributed by atoms with Crippen LogP contribution in [0, 0.1) is 11.8 Å². The second-order valence-electron chi connectivity index (χ2n) is 4.51. The molecule has 1 aliphatic heterocycles. The summed E-state index contributed by atoms with van der Waals surface area (Å²) in [4.78, 5) is 1.42. The van der Waals surface area contributed by atoms with Gasteiger partial charge in [0.05, 0.1) is 0 Å². The van der Waals surface area contributed by atoms with Crippen LogP contribution in [0.1, 0.15) is 17.5 Å². The average Bonchev–Trinajstić information content (AvgIpc) is 2.45. The number of hydrogen-bond acceptors (Lipinski definition) is 2. The molecule has 2 heteroatoms. The Hall–Kier alpha value is -1.43. The van der Waals surface area contributed by atoms with Gasteiger partial charge in [0.2, 0.25) is 0 Å². The van der Waals surface area contributed by atoms with Crippen LogP contribution in [0.15, 0.2) is 47.4 Å². The third-order valence-corrected chi connectivity index (χ3v) is 4.12. The summed E-state index contributed by atoms with van der Waals surface area (Å²) in [5.41, 5.74) is 3.38. The fourth-order valence-electron chi connectivity index (χ4n) is 1.95. The highest BCUT2D eigenvalue weighted by molar-refractivity contribution is 7.99. The van der Waals surface area contributed by atoms with Gasteiger partial charge in [-0.15, -0.1) is 11.8 Å². The minimum Gasteiger partial charge on any atom is -0.316 e. The summed E-state index contributed by atoms with van der Waals surface area (Å²) in [6.07, 6.45) is 6.44. The molecule has 1 aliphatic rings. The molecule has 1 N–H and O–H groups in total. The van der Waals surface area contributed by atoms with Crippen LogP contribution in [-0.2, 0) is 6.42 Å². The van der Waals surface area contributed by atoms with E-state index in [4.69, 9.17) is 0 Å². The lowest BCUT2D eigenvalue weighted by molar-refractivity contribution is 0.889. The number of aryl methyl sites for hydroxylation is 1. The molecule has 1 aromatic carbocycles. The van der Waals surface area contributed by atoms with Crippen molar-refractivity contribution in [1.29, 1.82) is 0 Å². The maximum Gasteiger partial charge on any atom is 0.0252 e. The van der Waals surface area contributed by atoms with Gasteiger partial charge in [-0.05, 0) is 55.5 Å². The lowest BCUT2D eigenvalue weighted by Crippen LogP contribution is -2.03. The lowest BCUT2D eigenvalue weighted by Gasteiger charge is -2.14. The van der Waals surface area contributed by atoms with Crippen molar-refractivity contribution in [2.45, 2.75) is 17.7 Å². The molecule has 19 heavy (non-hydrogen) atoms. The molecule has 0 atom stereocenters. The Labute approximate surface area is 120 Å². The summed E-state index contributed by atoms with van der Waals surface area (Å²) in [6.45, 7) is 4.78. The molecule has 1 heterocycles. The molecule has 0 fully saturated rings. The third-order valence-electron chi connectivity index (χ3n) is 2.92.